The Balaban J connectivity index is 1.72. The molecule has 3 aromatic carbocycles. The fraction of sp³-hybridized carbons (Fsp3) is 0.286. The van der Waals surface area contributed by atoms with E-state index in [9.17, 15) is 9.59 Å². The standard InChI is InChI=1S/C28H31BrN2O4/c1-30-28(33)26(19-21-8-4-3-5-9-21)31(20-22-10-6-11-23(29)18-22)27(32)12-7-17-35-25-15-13-24(34-2)14-16-25/h3-6,8-11,13-16,18,26H,7,12,17,19-20H2,1-2H3,(H,30,33)/t26-/m0/s1. The Bertz CT molecular complexity index is 1090. The van der Waals surface area contributed by atoms with E-state index in [1.165, 1.54) is 0 Å². The molecule has 0 spiro atoms. The molecule has 0 bridgehead atoms. The predicted molar refractivity (Wildman–Crippen MR) is 140 cm³/mol. The number of hydrogen-bond acceptors (Lipinski definition) is 4. The average molecular weight is 539 g/mol. The third-order valence-electron chi connectivity index (χ3n) is 5.62. The van der Waals surface area contributed by atoms with Crippen LogP contribution in [0.25, 0.3) is 0 Å². The number of halogens is 1. The lowest BCUT2D eigenvalue weighted by Crippen LogP contribution is -2.49. The van der Waals surface area contributed by atoms with Crippen LogP contribution in [0.5, 0.6) is 11.5 Å². The molecule has 3 rings (SSSR count). The fourth-order valence-corrected chi connectivity index (χ4v) is 4.23. The van der Waals surface area contributed by atoms with Gasteiger partial charge in [0.1, 0.15) is 17.5 Å². The summed E-state index contributed by atoms with van der Waals surface area (Å²) in [5.41, 5.74) is 1.94. The molecule has 0 aliphatic rings. The minimum Gasteiger partial charge on any atom is -0.497 e. The van der Waals surface area contributed by atoms with Crippen molar-refractivity contribution >= 4 is 27.7 Å². The quantitative estimate of drug-likeness (QED) is 0.329. The molecule has 0 fully saturated rings. The molecule has 35 heavy (non-hydrogen) atoms. The van der Waals surface area contributed by atoms with E-state index in [-0.39, 0.29) is 18.2 Å². The molecule has 0 saturated heterocycles. The van der Waals surface area contributed by atoms with Crippen LogP contribution >= 0.6 is 15.9 Å². The van der Waals surface area contributed by atoms with Gasteiger partial charge in [-0.3, -0.25) is 9.59 Å². The Morgan fingerprint density at radius 3 is 2.29 bits per heavy atom. The van der Waals surface area contributed by atoms with Crippen molar-refractivity contribution in [1.82, 2.24) is 10.2 Å². The van der Waals surface area contributed by atoms with E-state index in [0.29, 0.717) is 26.0 Å². The van der Waals surface area contributed by atoms with Crippen molar-refractivity contribution in [2.45, 2.75) is 31.8 Å². The van der Waals surface area contributed by atoms with Crippen LogP contribution in [0.2, 0.25) is 0 Å². The largest absolute Gasteiger partial charge is 0.497 e. The van der Waals surface area contributed by atoms with Crippen molar-refractivity contribution in [3.8, 4) is 11.5 Å². The lowest BCUT2D eigenvalue weighted by atomic mass is 10.0. The average Bonchev–Trinajstić information content (AvgIpc) is 2.89. The Morgan fingerprint density at radius 2 is 1.63 bits per heavy atom. The predicted octanol–water partition coefficient (Wildman–Crippen LogP) is 5.00. The Kier molecular flexibility index (Phi) is 10.2. The van der Waals surface area contributed by atoms with E-state index < -0.39 is 6.04 Å². The van der Waals surface area contributed by atoms with Gasteiger partial charge in [-0.15, -0.1) is 0 Å². The maximum atomic E-state index is 13.4. The van der Waals surface area contributed by atoms with Crippen molar-refractivity contribution in [1.29, 1.82) is 0 Å². The van der Waals surface area contributed by atoms with Crippen LogP contribution in [0, 0.1) is 0 Å². The molecule has 0 aromatic heterocycles. The molecule has 0 saturated carbocycles. The molecule has 184 valence electrons. The van der Waals surface area contributed by atoms with Gasteiger partial charge in [-0.2, -0.15) is 0 Å². The zero-order chi connectivity index (χ0) is 25.0. The van der Waals surface area contributed by atoms with Crippen molar-refractivity contribution < 1.29 is 19.1 Å². The van der Waals surface area contributed by atoms with E-state index in [1.54, 1.807) is 19.1 Å². The Labute approximate surface area is 215 Å². The molecule has 3 aromatic rings. The number of benzene rings is 3. The summed E-state index contributed by atoms with van der Waals surface area (Å²) in [5.74, 6) is 1.20. The number of methoxy groups -OCH3 is 1. The summed E-state index contributed by atoms with van der Waals surface area (Å²) in [6.07, 6.45) is 1.24. The number of amides is 2. The third-order valence-corrected chi connectivity index (χ3v) is 6.12. The molecule has 6 nitrogen and oxygen atoms in total. The van der Waals surface area contributed by atoms with Crippen LogP contribution in [-0.2, 0) is 22.6 Å². The Hall–Kier alpha value is -3.32. The van der Waals surface area contributed by atoms with E-state index >= 15 is 0 Å². The topological polar surface area (TPSA) is 67.9 Å². The van der Waals surface area contributed by atoms with Gasteiger partial charge in [0.25, 0.3) is 0 Å². The molecule has 7 heteroatoms. The number of carbonyl (C=O) groups excluding carboxylic acids is 2. The van der Waals surface area contributed by atoms with Crippen LogP contribution in [-0.4, -0.2) is 43.5 Å². The monoisotopic (exact) mass is 538 g/mol. The molecule has 0 aliphatic carbocycles. The number of likely N-dealkylation sites (N-methyl/N-ethyl adjacent to an activating group) is 1. The maximum Gasteiger partial charge on any atom is 0.242 e. The number of rotatable bonds is 12. The molecule has 0 radical (unpaired) electrons. The summed E-state index contributed by atoms with van der Waals surface area (Å²) < 4.78 is 11.9. The second-order valence-corrected chi connectivity index (χ2v) is 9.01. The van der Waals surface area contributed by atoms with Crippen LogP contribution < -0.4 is 14.8 Å². The van der Waals surface area contributed by atoms with Crippen LogP contribution in [0.3, 0.4) is 0 Å². The van der Waals surface area contributed by atoms with Gasteiger partial charge in [0, 0.05) is 30.9 Å². The highest BCUT2D eigenvalue weighted by Gasteiger charge is 2.29. The highest BCUT2D eigenvalue weighted by Crippen LogP contribution is 2.20. The summed E-state index contributed by atoms with van der Waals surface area (Å²) >= 11 is 3.50. The van der Waals surface area contributed by atoms with Crippen LogP contribution in [0.15, 0.2) is 83.3 Å². The first kappa shape index (κ1) is 26.3. The number of hydrogen-bond donors (Lipinski definition) is 1. The molecule has 1 N–H and O–H groups in total. The van der Waals surface area contributed by atoms with E-state index in [0.717, 1.165) is 27.1 Å². The normalized spacial score (nSPS) is 11.4. The Morgan fingerprint density at radius 1 is 0.943 bits per heavy atom. The van der Waals surface area contributed by atoms with E-state index in [2.05, 4.69) is 21.2 Å². The first-order valence-corrected chi connectivity index (χ1v) is 12.4. The number of ether oxygens (including phenoxy) is 2. The molecular weight excluding hydrogens is 508 g/mol. The first-order valence-electron chi connectivity index (χ1n) is 11.6. The van der Waals surface area contributed by atoms with Gasteiger partial charge in [-0.05, 0) is 53.9 Å². The van der Waals surface area contributed by atoms with E-state index in [4.69, 9.17) is 9.47 Å². The maximum absolute atomic E-state index is 13.4. The molecule has 0 heterocycles. The third kappa shape index (κ3) is 8.14. The summed E-state index contributed by atoms with van der Waals surface area (Å²) in [6.45, 7) is 0.731. The molecule has 1 atom stereocenters. The summed E-state index contributed by atoms with van der Waals surface area (Å²) in [5, 5.41) is 2.74. The smallest absolute Gasteiger partial charge is 0.242 e. The van der Waals surface area contributed by atoms with Crippen molar-refractivity contribution in [3.63, 3.8) is 0 Å². The van der Waals surface area contributed by atoms with Gasteiger partial charge in [-0.1, -0.05) is 58.4 Å². The molecule has 0 unspecified atom stereocenters. The van der Waals surface area contributed by atoms with Gasteiger partial charge in [0.05, 0.1) is 13.7 Å². The fourth-order valence-electron chi connectivity index (χ4n) is 3.78. The highest BCUT2D eigenvalue weighted by atomic mass is 79.9. The van der Waals surface area contributed by atoms with Gasteiger partial charge >= 0.3 is 0 Å². The minimum absolute atomic E-state index is 0.0900. The zero-order valence-electron chi connectivity index (χ0n) is 20.1. The minimum atomic E-state index is -0.628. The number of carbonyl (C=O) groups is 2. The summed E-state index contributed by atoms with van der Waals surface area (Å²) in [7, 11) is 3.22. The lowest BCUT2D eigenvalue weighted by Gasteiger charge is -2.31. The van der Waals surface area contributed by atoms with Crippen molar-refractivity contribution in [3.05, 3.63) is 94.5 Å². The van der Waals surface area contributed by atoms with Gasteiger partial charge < -0.3 is 19.7 Å². The van der Waals surface area contributed by atoms with Crippen LogP contribution in [0.4, 0.5) is 0 Å². The van der Waals surface area contributed by atoms with Crippen LogP contribution in [0.1, 0.15) is 24.0 Å². The second-order valence-electron chi connectivity index (χ2n) is 8.10. The zero-order valence-corrected chi connectivity index (χ0v) is 21.7. The second kappa shape index (κ2) is 13.5. The lowest BCUT2D eigenvalue weighted by molar-refractivity contribution is -0.141. The number of nitrogens with zero attached hydrogens (tertiary/aromatic N) is 1. The molecule has 2 amide bonds. The first-order chi connectivity index (χ1) is 17.0. The van der Waals surface area contributed by atoms with Gasteiger partial charge in [0.15, 0.2) is 0 Å². The summed E-state index contributed by atoms with van der Waals surface area (Å²) in [6, 6.07) is 24.3. The summed E-state index contributed by atoms with van der Waals surface area (Å²) in [4.78, 5) is 28.1. The number of nitrogens with one attached hydrogen (secondary N) is 1. The van der Waals surface area contributed by atoms with Crippen molar-refractivity contribution in [2.24, 2.45) is 0 Å². The SMILES string of the molecule is CNC(=O)[C@H](Cc1ccccc1)N(Cc1cccc(Br)c1)C(=O)CCCOc1ccc(OC)cc1. The van der Waals surface area contributed by atoms with E-state index in [1.807, 2.05) is 78.9 Å². The van der Waals surface area contributed by atoms with Crippen molar-refractivity contribution in [2.75, 3.05) is 20.8 Å². The highest BCUT2D eigenvalue weighted by molar-refractivity contribution is 9.10. The molecular formula is C28H31BrN2O4. The van der Waals surface area contributed by atoms with Gasteiger partial charge in [0.2, 0.25) is 11.8 Å². The molecule has 0 aliphatic heterocycles. The van der Waals surface area contributed by atoms with Gasteiger partial charge in [-0.25, -0.2) is 0 Å².